The van der Waals surface area contributed by atoms with Crippen LogP contribution in [-0.2, 0) is 0 Å². The molecule has 1 aromatic rings. The van der Waals surface area contributed by atoms with Crippen LogP contribution >= 0.6 is 0 Å². The zero-order chi connectivity index (χ0) is 14.8. The minimum absolute atomic E-state index is 0.0503. The summed E-state index contributed by atoms with van der Waals surface area (Å²) in [5, 5.41) is 2.95. The van der Waals surface area contributed by atoms with Gasteiger partial charge in [0.05, 0.1) is 5.69 Å². The van der Waals surface area contributed by atoms with Gasteiger partial charge in [0.25, 0.3) is 0 Å². The molecule has 2 rings (SSSR count). The average Bonchev–Trinajstić information content (AvgIpc) is 2.37. The van der Waals surface area contributed by atoms with Crippen LogP contribution in [0.15, 0.2) is 24.3 Å². The van der Waals surface area contributed by atoms with Crippen molar-refractivity contribution in [1.29, 1.82) is 0 Å². The molecule has 20 heavy (non-hydrogen) atoms. The molecule has 1 aliphatic rings. The fourth-order valence-corrected chi connectivity index (χ4v) is 2.26. The highest BCUT2D eigenvalue weighted by Crippen LogP contribution is 2.20. The summed E-state index contributed by atoms with van der Waals surface area (Å²) in [5.41, 5.74) is 0.378. The van der Waals surface area contributed by atoms with E-state index in [0.717, 1.165) is 0 Å². The third-order valence-electron chi connectivity index (χ3n) is 3.24. The molecule has 1 saturated heterocycles. The number of carbonyl (C=O) groups excluding carboxylic acids is 1. The van der Waals surface area contributed by atoms with E-state index in [4.69, 9.17) is 0 Å². The van der Waals surface area contributed by atoms with Gasteiger partial charge in [0.1, 0.15) is 5.82 Å². The van der Waals surface area contributed by atoms with Gasteiger partial charge in [-0.05, 0) is 32.9 Å². The molecule has 1 fully saturated rings. The fourth-order valence-electron chi connectivity index (χ4n) is 2.26. The normalized spacial score (nSPS) is 16.2. The van der Waals surface area contributed by atoms with E-state index in [9.17, 15) is 9.18 Å². The van der Waals surface area contributed by atoms with Crippen LogP contribution in [0.25, 0.3) is 0 Å². The molecule has 110 valence electrons. The van der Waals surface area contributed by atoms with Gasteiger partial charge in [0.2, 0.25) is 0 Å². The number of anilines is 1. The van der Waals surface area contributed by atoms with Gasteiger partial charge in [-0.2, -0.15) is 0 Å². The molecule has 0 spiro atoms. The Labute approximate surface area is 119 Å². The van der Waals surface area contributed by atoms with Gasteiger partial charge in [-0.1, -0.05) is 12.1 Å². The molecule has 0 unspecified atom stereocenters. The number of halogens is 1. The number of urea groups is 1. The van der Waals surface area contributed by atoms with Crippen LogP contribution in [0.5, 0.6) is 0 Å². The molecule has 0 saturated carbocycles. The summed E-state index contributed by atoms with van der Waals surface area (Å²) in [7, 11) is 0. The van der Waals surface area contributed by atoms with E-state index < -0.39 is 0 Å². The summed E-state index contributed by atoms with van der Waals surface area (Å²) < 4.78 is 13.7. The fraction of sp³-hybridized carbons (Fsp3) is 0.533. The van der Waals surface area contributed by atoms with Crippen molar-refractivity contribution in [2.45, 2.75) is 26.3 Å². The summed E-state index contributed by atoms with van der Waals surface area (Å²) in [6.07, 6.45) is 0. The lowest BCUT2D eigenvalue weighted by Gasteiger charge is -2.37. The number of para-hydroxylation sites is 1. The molecule has 0 aliphatic carbocycles. The second kappa shape index (κ2) is 5.69. The van der Waals surface area contributed by atoms with Crippen LogP contribution in [0.3, 0.4) is 0 Å². The topological polar surface area (TPSA) is 35.6 Å². The number of carbonyl (C=O) groups is 1. The molecule has 1 N–H and O–H groups in total. The Balaban J connectivity index is 1.93. The highest BCUT2D eigenvalue weighted by atomic mass is 19.1. The molecule has 2 amide bonds. The zero-order valence-electron chi connectivity index (χ0n) is 12.3. The molecular weight excluding hydrogens is 257 g/mol. The highest BCUT2D eigenvalue weighted by molar-refractivity contribution is 5.75. The summed E-state index contributed by atoms with van der Waals surface area (Å²) in [5.74, 6) is -0.208. The van der Waals surface area contributed by atoms with Crippen LogP contribution < -0.4 is 10.2 Å². The third kappa shape index (κ3) is 3.62. The average molecular weight is 279 g/mol. The molecule has 1 aliphatic heterocycles. The van der Waals surface area contributed by atoms with Crippen molar-refractivity contribution in [2.75, 3.05) is 31.1 Å². The molecule has 1 heterocycles. The number of hydrogen-bond acceptors (Lipinski definition) is 2. The largest absolute Gasteiger partial charge is 0.366 e. The lowest BCUT2D eigenvalue weighted by molar-refractivity contribution is 0.185. The Morgan fingerprint density at radius 1 is 1.15 bits per heavy atom. The lowest BCUT2D eigenvalue weighted by atomic mass is 10.1. The van der Waals surface area contributed by atoms with Gasteiger partial charge in [-0.25, -0.2) is 9.18 Å². The first-order valence-corrected chi connectivity index (χ1v) is 6.93. The van der Waals surface area contributed by atoms with Crippen LogP contribution in [0.1, 0.15) is 20.8 Å². The predicted octanol–water partition coefficient (Wildman–Crippen LogP) is 2.46. The number of piperazine rings is 1. The Kier molecular flexibility index (Phi) is 4.16. The SMILES string of the molecule is CC(C)(C)NC(=O)N1CCN(c2ccccc2F)CC1. The van der Waals surface area contributed by atoms with Gasteiger partial charge in [-0.15, -0.1) is 0 Å². The highest BCUT2D eigenvalue weighted by Gasteiger charge is 2.24. The van der Waals surface area contributed by atoms with E-state index in [2.05, 4.69) is 5.32 Å². The van der Waals surface area contributed by atoms with E-state index >= 15 is 0 Å². The van der Waals surface area contributed by atoms with Crippen LogP contribution in [0.4, 0.5) is 14.9 Å². The molecule has 0 atom stereocenters. The van der Waals surface area contributed by atoms with E-state index in [1.165, 1.54) is 6.07 Å². The monoisotopic (exact) mass is 279 g/mol. The maximum Gasteiger partial charge on any atom is 0.317 e. The summed E-state index contributed by atoms with van der Waals surface area (Å²) >= 11 is 0. The van der Waals surface area contributed by atoms with Crippen LogP contribution in [0, 0.1) is 5.82 Å². The number of nitrogens with zero attached hydrogens (tertiary/aromatic N) is 2. The van der Waals surface area contributed by atoms with Crippen LogP contribution in [0.2, 0.25) is 0 Å². The van der Waals surface area contributed by atoms with Crippen molar-refractivity contribution in [3.05, 3.63) is 30.1 Å². The standard InChI is InChI=1S/C15H22FN3O/c1-15(2,3)17-14(20)19-10-8-18(9-11-19)13-7-5-4-6-12(13)16/h4-7H,8-11H2,1-3H3,(H,17,20). The number of nitrogens with one attached hydrogen (secondary N) is 1. The van der Waals surface area contributed by atoms with Crippen molar-refractivity contribution < 1.29 is 9.18 Å². The van der Waals surface area contributed by atoms with Gasteiger partial charge < -0.3 is 15.1 Å². The Bertz CT molecular complexity index is 476. The molecule has 4 nitrogen and oxygen atoms in total. The van der Waals surface area contributed by atoms with Crippen molar-refractivity contribution in [3.8, 4) is 0 Å². The molecule has 0 aromatic heterocycles. The Hall–Kier alpha value is -1.78. The van der Waals surface area contributed by atoms with Gasteiger partial charge >= 0.3 is 6.03 Å². The minimum atomic E-state index is -0.236. The van der Waals surface area contributed by atoms with E-state index in [1.807, 2.05) is 31.7 Å². The third-order valence-corrected chi connectivity index (χ3v) is 3.24. The van der Waals surface area contributed by atoms with Crippen molar-refractivity contribution in [3.63, 3.8) is 0 Å². The molecule has 0 bridgehead atoms. The summed E-state index contributed by atoms with van der Waals surface area (Å²) in [6.45, 7) is 8.39. The quantitative estimate of drug-likeness (QED) is 0.857. The molecular formula is C15H22FN3O. The van der Waals surface area contributed by atoms with Gasteiger partial charge in [0, 0.05) is 31.7 Å². The Morgan fingerprint density at radius 2 is 1.75 bits per heavy atom. The maximum absolute atomic E-state index is 13.7. The maximum atomic E-state index is 13.7. The zero-order valence-corrected chi connectivity index (χ0v) is 12.3. The summed E-state index contributed by atoms with van der Waals surface area (Å²) in [6, 6.07) is 6.71. The first kappa shape index (κ1) is 14.6. The number of hydrogen-bond donors (Lipinski definition) is 1. The first-order chi connectivity index (χ1) is 9.37. The number of benzene rings is 1. The Morgan fingerprint density at radius 3 is 2.30 bits per heavy atom. The van der Waals surface area contributed by atoms with E-state index in [0.29, 0.717) is 31.9 Å². The first-order valence-electron chi connectivity index (χ1n) is 6.93. The number of amides is 2. The summed E-state index contributed by atoms with van der Waals surface area (Å²) in [4.78, 5) is 15.8. The minimum Gasteiger partial charge on any atom is -0.366 e. The molecule has 0 radical (unpaired) electrons. The van der Waals surface area contributed by atoms with Crippen LogP contribution in [-0.4, -0.2) is 42.6 Å². The van der Waals surface area contributed by atoms with E-state index in [1.54, 1.807) is 17.0 Å². The van der Waals surface area contributed by atoms with Crippen molar-refractivity contribution >= 4 is 11.7 Å². The molecule has 5 heteroatoms. The predicted molar refractivity (Wildman–Crippen MR) is 78.5 cm³/mol. The van der Waals surface area contributed by atoms with E-state index in [-0.39, 0.29) is 17.4 Å². The molecule has 1 aromatic carbocycles. The lowest BCUT2D eigenvalue weighted by Crippen LogP contribution is -2.55. The van der Waals surface area contributed by atoms with Crippen molar-refractivity contribution in [1.82, 2.24) is 10.2 Å². The second-order valence-electron chi connectivity index (χ2n) is 6.11. The van der Waals surface area contributed by atoms with Gasteiger partial charge in [0.15, 0.2) is 0 Å². The smallest absolute Gasteiger partial charge is 0.317 e. The number of rotatable bonds is 1. The van der Waals surface area contributed by atoms with Gasteiger partial charge in [-0.3, -0.25) is 0 Å². The van der Waals surface area contributed by atoms with Crippen molar-refractivity contribution in [2.24, 2.45) is 0 Å². The second-order valence-corrected chi connectivity index (χ2v) is 6.11.